The van der Waals surface area contributed by atoms with Crippen molar-refractivity contribution in [2.75, 3.05) is 13.1 Å². The summed E-state index contributed by atoms with van der Waals surface area (Å²) < 4.78 is 13.5. The van der Waals surface area contributed by atoms with Gasteiger partial charge in [-0.1, -0.05) is 6.07 Å². The molecule has 0 unspecified atom stereocenters. The van der Waals surface area contributed by atoms with E-state index >= 15 is 0 Å². The second-order valence-electron chi connectivity index (χ2n) is 6.63. The SMILES string of the molecule is Cc1ccc(F)cc1[C@H]1CN(C(C)(C)C)C[C@@H]1C(=O)O. The second kappa shape index (κ2) is 5.17. The van der Waals surface area contributed by atoms with Gasteiger partial charge in [-0.15, -0.1) is 0 Å². The average molecular weight is 279 g/mol. The lowest BCUT2D eigenvalue weighted by Crippen LogP contribution is -2.40. The highest BCUT2D eigenvalue weighted by molar-refractivity contribution is 5.72. The van der Waals surface area contributed by atoms with Gasteiger partial charge in [0.15, 0.2) is 0 Å². The minimum absolute atomic E-state index is 0.0797. The molecule has 1 aromatic rings. The van der Waals surface area contributed by atoms with Gasteiger partial charge < -0.3 is 5.11 Å². The number of benzene rings is 1. The molecule has 1 fully saturated rings. The van der Waals surface area contributed by atoms with Crippen molar-refractivity contribution in [2.45, 2.75) is 39.2 Å². The van der Waals surface area contributed by atoms with E-state index in [1.54, 1.807) is 6.07 Å². The van der Waals surface area contributed by atoms with E-state index in [0.29, 0.717) is 13.1 Å². The van der Waals surface area contributed by atoms with Crippen LogP contribution in [0.15, 0.2) is 18.2 Å². The van der Waals surface area contributed by atoms with E-state index in [1.807, 2.05) is 6.92 Å². The molecule has 4 heteroatoms. The molecule has 1 N–H and O–H groups in total. The fraction of sp³-hybridized carbons (Fsp3) is 0.562. The van der Waals surface area contributed by atoms with Crippen LogP contribution in [-0.4, -0.2) is 34.6 Å². The number of carboxylic acids is 1. The normalized spacial score (nSPS) is 24.1. The quantitative estimate of drug-likeness (QED) is 0.904. The summed E-state index contributed by atoms with van der Waals surface area (Å²) in [5, 5.41) is 9.47. The first-order chi connectivity index (χ1) is 9.20. The second-order valence-corrected chi connectivity index (χ2v) is 6.63. The van der Waals surface area contributed by atoms with E-state index in [0.717, 1.165) is 11.1 Å². The summed E-state index contributed by atoms with van der Waals surface area (Å²) in [7, 11) is 0. The van der Waals surface area contributed by atoms with Crippen molar-refractivity contribution in [3.05, 3.63) is 35.1 Å². The van der Waals surface area contributed by atoms with Crippen molar-refractivity contribution in [2.24, 2.45) is 5.92 Å². The van der Waals surface area contributed by atoms with E-state index in [2.05, 4.69) is 25.7 Å². The molecule has 0 amide bonds. The summed E-state index contributed by atoms with van der Waals surface area (Å²) >= 11 is 0. The maximum Gasteiger partial charge on any atom is 0.308 e. The number of carbonyl (C=O) groups is 1. The predicted octanol–water partition coefficient (Wildman–Crippen LogP) is 3.03. The van der Waals surface area contributed by atoms with Crippen molar-refractivity contribution >= 4 is 5.97 Å². The fourth-order valence-electron chi connectivity index (χ4n) is 2.93. The number of hydrogen-bond donors (Lipinski definition) is 1. The van der Waals surface area contributed by atoms with Crippen LogP contribution in [0, 0.1) is 18.7 Å². The van der Waals surface area contributed by atoms with Crippen LogP contribution >= 0.6 is 0 Å². The highest BCUT2D eigenvalue weighted by atomic mass is 19.1. The first-order valence-corrected chi connectivity index (χ1v) is 6.94. The zero-order valence-corrected chi connectivity index (χ0v) is 12.5. The molecule has 1 aromatic carbocycles. The molecule has 0 radical (unpaired) electrons. The van der Waals surface area contributed by atoms with E-state index in [4.69, 9.17) is 0 Å². The van der Waals surface area contributed by atoms with Gasteiger partial charge in [-0.3, -0.25) is 9.69 Å². The Morgan fingerprint density at radius 2 is 2.00 bits per heavy atom. The molecule has 1 heterocycles. The van der Waals surface area contributed by atoms with Gasteiger partial charge in [-0.05, 0) is 51.0 Å². The average Bonchev–Trinajstić information content (AvgIpc) is 2.77. The lowest BCUT2D eigenvalue weighted by molar-refractivity contribution is -0.141. The fourth-order valence-corrected chi connectivity index (χ4v) is 2.93. The third kappa shape index (κ3) is 2.85. The Balaban J connectivity index is 2.38. The van der Waals surface area contributed by atoms with Crippen LogP contribution in [0.25, 0.3) is 0 Å². The monoisotopic (exact) mass is 279 g/mol. The summed E-state index contributed by atoms with van der Waals surface area (Å²) in [5.74, 6) is -1.73. The molecule has 1 aliphatic rings. The van der Waals surface area contributed by atoms with Crippen molar-refractivity contribution in [1.29, 1.82) is 0 Å². The number of rotatable bonds is 2. The van der Waals surface area contributed by atoms with E-state index in [-0.39, 0.29) is 17.3 Å². The van der Waals surface area contributed by atoms with Gasteiger partial charge in [0.2, 0.25) is 0 Å². The molecule has 2 rings (SSSR count). The van der Waals surface area contributed by atoms with Gasteiger partial charge in [-0.25, -0.2) is 4.39 Å². The molecule has 3 nitrogen and oxygen atoms in total. The molecule has 1 aliphatic heterocycles. The molecule has 0 aliphatic carbocycles. The van der Waals surface area contributed by atoms with Gasteiger partial charge in [0.05, 0.1) is 5.92 Å². The van der Waals surface area contributed by atoms with Gasteiger partial charge >= 0.3 is 5.97 Å². The predicted molar refractivity (Wildman–Crippen MR) is 76.3 cm³/mol. The number of aryl methyl sites for hydroxylation is 1. The summed E-state index contributed by atoms with van der Waals surface area (Å²) in [5.41, 5.74) is 1.70. The van der Waals surface area contributed by atoms with Gasteiger partial charge in [-0.2, -0.15) is 0 Å². The molecule has 1 saturated heterocycles. The number of carboxylic acid groups (broad SMARTS) is 1. The molecular formula is C16H22FNO2. The van der Waals surface area contributed by atoms with Crippen LogP contribution in [0.4, 0.5) is 4.39 Å². The largest absolute Gasteiger partial charge is 0.481 e. The van der Waals surface area contributed by atoms with E-state index < -0.39 is 11.9 Å². The first kappa shape index (κ1) is 15.0. The minimum Gasteiger partial charge on any atom is -0.481 e. The number of nitrogens with zero attached hydrogens (tertiary/aromatic N) is 1. The first-order valence-electron chi connectivity index (χ1n) is 6.94. The maximum absolute atomic E-state index is 13.5. The van der Waals surface area contributed by atoms with Gasteiger partial charge in [0.1, 0.15) is 5.82 Å². The lowest BCUT2D eigenvalue weighted by Gasteiger charge is -2.31. The molecule has 0 bridgehead atoms. The topological polar surface area (TPSA) is 40.5 Å². The molecule has 0 spiro atoms. The van der Waals surface area contributed by atoms with E-state index in [1.165, 1.54) is 12.1 Å². The smallest absolute Gasteiger partial charge is 0.308 e. The zero-order chi connectivity index (χ0) is 15.1. The Morgan fingerprint density at radius 3 is 2.55 bits per heavy atom. The Morgan fingerprint density at radius 1 is 1.35 bits per heavy atom. The van der Waals surface area contributed by atoms with Crippen LogP contribution in [0.2, 0.25) is 0 Å². The van der Waals surface area contributed by atoms with Crippen molar-refractivity contribution < 1.29 is 14.3 Å². The summed E-state index contributed by atoms with van der Waals surface area (Å²) in [4.78, 5) is 13.7. The Kier molecular flexibility index (Phi) is 3.87. The van der Waals surface area contributed by atoms with Gasteiger partial charge in [0.25, 0.3) is 0 Å². The van der Waals surface area contributed by atoms with Crippen LogP contribution in [0.3, 0.4) is 0 Å². The number of aliphatic carboxylic acids is 1. The molecule has 110 valence electrons. The molecule has 0 saturated carbocycles. The summed E-state index contributed by atoms with van der Waals surface area (Å²) in [6, 6.07) is 4.64. The number of hydrogen-bond acceptors (Lipinski definition) is 2. The third-order valence-electron chi connectivity index (χ3n) is 4.23. The Hall–Kier alpha value is -1.42. The van der Waals surface area contributed by atoms with Crippen LogP contribution < -0.4 is 0 Å². The van der Waals surface area contributed by atoms with Crippen LogP contribution in [0.1, 0.15) is 37.8 Å². The minimum atomic E-state index is -0.801. The summed E-state index contributed by atoms with van der Waals surface area (Å²) in [6.07, 6.45) is 0. The van der Waals surface area contributed by atoms with Crippen LogP contribution in [-0.2, 0) is 4.79 Å². The highest BCUT2D eigenvalue weighted by Crippen LogP contribution is 2.37. The highest BCUT2D eigenvalue weighted by Gasteiger charge is 2.42. The molecule has 0 aromatic heterocycles. The Bertz CT molecular complexity index is 522. The standard InChI is InChI=1S/C16H22FNO2/c1-10-5-6-11(17)7-12(10)13-8-18(16(2,3)4)9-14(13)15(19)20/h5-7,13-14H,8-9H2,1-4H3,(H,19,20)/t13-,14+/m1/s1. The maximum atomic E-state index is 13.5. The van der Waals surface area contributed by atoms with Crippen molar-refractivity contribution in [3.63, 3.8) is 0 Å². The zero-order valence-electron chi connectivity index (χ0n) is 12.5. The molecule has 2 atom stereocenters. The molecular weight excluding hydrogens is 257 g/mol. The van der Waals surface area contributed by atoms with Gasteiger partial charge in [0, 0.05) is 24.5 Å². The van der Waals surface area contributed by atoms with Crippen molar-refractivity contribution in [3.8, 4) is 0 Å². The number of likely N-dealkylation sites (tertiary alicyclic amines) is 1. The summed E-state index contributed by atoms with van der Waals surface area (Å²) in [6.45, 7) is 9.31. The van der Waals surface area contributed by atoms with Crippen molar-refractivity contribution in [1.82, 2.24) is 4.90 Å². The lowest BCUT2D eigenvalue weighted by atomic mass is 9.86. The van der Waals surface area contributed by atoms with E-state index in [9.17, 15) is 14.3 Å². The third-order valence-corrected chi connectivity index (χ3v) is 4.23. The Labute approximate surface area is 119 Å². The molecule has 20 heavy (non-hydrogen) atoms. The number of halogens is 1. The van der Waals surface area contributed by atoms with Crippen LogP contribution in [0.5, 0.6) is 0 Å².